The number of hydrogen-bond acceptors (Lipinski definition) is 0. The van der Waals surface area contributed by atoms with Gasteiger partial charge in [0.15, 0.2) is 0 Å². The zero-order chi connectivity index (χ0) is 8.93. The summed E-state index contributed by atoms with van der Waals surface area (Å²) in [7, 11) is 0. The lowest BCUT2D eigenvalue weighted by Crippen LogP contribution is -1.67. The van der Waals surface area contributed by atoms with Crippen LogP contribution in [0.15, 0.2) is 48.5 Å². The minimum atomic E-state index is 1.31. The fourth-order valence-electron chi connectivity index (χ4n) is 1.13. The van der Waals surface area contributed by atoms with E-state index in [-0.39, 0.29) is 0 Å². The Morgan fingerprint density at radius 2 is 0.846 bits per heavy atom. The quantitative estimate of drug-likeness (QED) is 0.560. The molecule has 1 fully saturated rings. The van der Waals surface area contributed by atoms with E-state index in [1.807, 2.05) is 0 Å². The molecule has 2 aromatic carbocycles. The summed E-state index contributed by atoms with van der Waals surface area (Å²) < 4.78 is 0. The van der Waals surface area contributed by atoms with Gasteiger partial charge in [0.05, 0.1) is 0 Å². The Labute approximate surface area is 79.2 Å². The van der Waals surface area contributed by atoms with Crippen molar-refractivity contribution in [2.24, 2.45) is 0 Å². The summed E-state index contributed by atoms with van der Waals surface area (Å²) in [4.78, 5) is 0. The van der Waals surface area contributed by atoms with Crippen LogP contribution >= 0.6 is 0 Å². The average Bonchev–Trinajstić information content (AvgIpc) is 3.05. The van der Waals surface area contributed by atoms with Crippen molar-refractivity contribution in [2.45, 2.75) is 19.3 Å². The lowest BCUT2D eigenvalue weighted by molar-refractivity contribution is 1.50. The molecule has 1 aliphatic rings. The molecule has 0 amide bonds. The van der Waals surface area contributed by atoms with Gasteiger partial charge in [-0.3, -0.25) is 0 Å². The molecule has 0 unspecified atom stereocenters. The predicted octanol–water partition coefficient (Wildman–Crippen LogP) is 4.01. The third-order valence-electron chi connectivity index (χ3n) is 2.01. The van der Waals surface area contributed by atoms with E-state index < -0.39 is 0 Å². The fraction of sp³-hybridized carbons (Fsp3) is 0.231. The van der Waals surface area contributed by atoms with Gasteiger partial charge in [-0.25, -0.2) is 0 Å². The van der Waals surface area contributed by atoms with Gasteiger partial charge in [0, 0.05) is 0 Å². The summed E-state index contributed by atoms with van der Waals surface area (Å²) in [5.41, 5.74) is 0. The van der Waals surface area contributed by atoms with Crippen molar-refractivity contribution >= 4 is 10.8 Å². The Bertz CT molecular complexity index is 306. The number of benzene rings is 2. The number of hydrogen-bond donors (Lipinski definition) is 0. The highest BCUT2D eigenvalue weighted by molar-refractivity contribution is 5.81. The average molecular weight is 170 g/mol. The van der Waals surface area contributed by atoms with Gasteiger partial charge in [-0.05, 0) is 10.8 Å². The van der Waals surface area contributed by atoms with Crippen LogP contribution in [0, 0.1) is 0 Å². The van der Waals surface area contributed by atoms with E-state index in [0.29, 0.717) is 0 Å². The molecule has 0 heteroatoms. The summed E-state index contributed by atoms with van der Waals surface area (Å²) in [6.45, 7) is 0. The zero-order valence-corrected chi connectivity index (χ0v) is 7.74. The van der Waals surface area contributed by atoms with E-state index in [9.17, 15) is 0 Å². The molecule has 2 aromatic rings. The SMILES string of the molecule is C1CC1.c1ccc2ccccc2c1. The Kier molecular flexibility index (Phi) is 2.61. The van der Waals surface area contributed by atoms with Gasteiger partial charge < -0.3 is 0 Å². The second-order valence-electron chi connectivity index (χ2n) is 3.41. The zero-order valence-electron chi connectivity index (χ0n) is 7.74. The van der Waals surface area contributed by atoms with E-state index >= 15 is 0 Å². The van der Waals surface area contributed by atoms with Gasteiger partial charge in [0.2, 0.25) is 0 Å². The molecule has 0 nitrogen and oxygen atoms in total. The van der Waals surface area contributed by atoms with E-state index in [2.05, 4.69) is 48.5 Å². The van der Waals surface area contributed by atoms with Gasteiger partial charge in [0.1, 0.15) is 0 Å². The molecule has 0 N–H and O–H groups in total. The maximum absolute atomic E-state index is 2.12. The molecule has 0 bridgehead atoms. The van der Waals surface area contributed by atoms with Crippen LogP contribution in [-0.4, -0.2) is 0 Å². The van der Waals surface area contributed by atoms with Crippen molar-refractivity contribution in [3.63, 3.8) is 0 Å². The molecule has 0 atom stereocenters. The first-order chi connectivity index (χ1) is 6.47. The molecule has 66 valence electrons. The van der Waals surface area contributed by atoms with Gasteiger partial charge in [0.25, 0.3) is 0 Å². The van der Waals surface area contributed by atoms with Crippen LogP contribution in [0.25, 0.3) is 10.8 Å². The molecule has 0 aliphatic heterocycles. The van der Waals surface area contributed by atoms with Crippen molar-refractivity contribution in [1.82, 2.24) is 0 Å². The van der Waals surface area contributed by atoms with Gasteiger partial charge >= 0.3 is 0 Å². The molecular weight excluding hydrogens is 156 g/mol. The second kappa shape index (κ2) is 4.08. The second-order valence-corrected chi connectivity index (χ2v) is 3.41. The van der Waals surface area contributed by atoms with Crippen molar-refractivity contribution in [3.8, 4) is 0 Å². The molecule has 0 saturated heterocycles. The Morgan fingerprint density at radius 3 is 1.08 bits per heavy atom. The largest absolute Gasteiger partial charge is 0.0616 e. The highest BCUT2D eigenvalue weighted by Gasteiger charge is 1.95. The summed E-state index contributed by atoms with van der Waals surface area (Å²) in [5.74, 6) is 0. The number of rotatable bonds is 0. The molecule has 13 heavy (non-hydrogen) atoms. The van der Waals surface area contributed by atoms with Crippen molar-refractivity contribution < 1.29 is 0 Å². The van der Waals surface area contributed by atoms with Crippen molar-refractivity contribution in [1.29, 1.82) is 0 Å². The highest BCUT2D eigenvalue weighted by Crippen LogP contribution is 2.14. The molecule has 3 rings (SSSR count). The summed E-state index contributed by atoms with van der Waals surface area (Å²) in [6.07, 6.45) is 4.50. The van der Waals surface area contributed by atoms with Crippen LogP contribution in [0.4, 0.5) is 0 Å². The minimum Gasteiger partial charge on any atom is -0.0616 e. The van der Waals surface area contributed by atoms with Gasteiger partial charge in [-0.2, -0.15) is 0 Å². The maximum Gasteiger partial charge on any atom is -0.0184 e. The van der Waals surface area contributed by atoms with Gasteiger partial charge in [-0.1, -0.05) is 67.8 Å². The lowest BCUT2D eigenvalue weighted by Gasteiger charge is -1.92. The van der Waals surface area contributed by atoms with E-state index in [1.165, 1.54) is 30.0 Å². The van der Waals surface area contributed by atoms with Crippen LogP contribution in [0.1, 0.15) is 19.3 Å². The fourth-order valence-corrected chi connectivity index (χ4v) is 1.13. The van der Waals surface area contributed by atoms with Crippen LogP contribution in [0.3, 0.4) is 0 Å². The lowest BCUT2D eigenvalue weighted by atomic mass is 10.1. The maximum atomic E-state index is 2.12. The first-order valence-corrected chi connectivity index (χ1v) is 4.90. The smallest absolute Gasteiger partial charge is 0.0184 e. The third kappa shape index (κ3) is 2.59. The molecule has 1 aliphatic carbocycles. The summed E-state index contributed by atoms with van der Waals surface area (Å²) in [5, 5.41) is 2.62. The summed E-state index contributed by atoms with van der Waals surface area (Å²) >= 11 is 0. The highest BCUT2D eigenvalue weighted by atomic mass is 14.0. The molecule has 0 spiro atoms. The minimum absolute atomic E-state index is 1.31. The van der Waals surface area contributed by atoms with E-state index in [0.717, 1.165) is 0 Å². The molecule has 0 aromatic heterocycles. The van der Waals surface area contributed by atoms with Crippen LogP contribution in [-0.2, 0) is 0 Å². The molecule has 1 saturated carbocycles. The molecule has 0 heterocycles. The first-order valence-electron chi connectivity index (χ1n) is 4.90. The van der Waals surface area contributed by atoms with Gasteiger partial charge in [-0.15, -0.1) is 0 Å². The topological polar surface area (TPSA) is 0 Å². The Hall–Kier alpha value is -1.30. The normalized spacial score (nSPS) is 13.2. The number of fused-ring (bicyclic) bond motifs is 1. The van der Waals surface area contributed by atoms with Crippen molar-refractivity contribution in [3.05, 3.63) is 48.5 Å². The van der Waals surface area contributed by atoms with Crippen molar-refractivity contribution in [2.75, 3.05) is 0 Å². The van der Waals surface area contributed by atoms with E-state index in [1.54, 1.807) is 0 Å². The summed E-state index contributed by atoms with van der Waals surface area (Å²) in [6, 6.07) is 16.7. The molecule has 0 radical (unpaired) electrons. The third-order valence-corrected chi connectivity index (χ3v) is 2.01. The Balaban J connectivity index is 0.000000185. The molecular formula is C13H14. The monoisotopic (exact) mass is 170 g/mol. The Morgan fingerprint density at radius 1 is 0.538 bits per heavy atom. The van der Waals surface area contributed by atoms with Crippen LogP contribution in [0.2, 0.25) is 0 Å². The standard InChI is InChI=1S/C10H8.C3H6/c1-2-6-10-8-4-3-7-9(10)5-1;1-2-3-1/h1-8H;1-3H2. The predicted molar refractivity (Wildman–Crippen MR) is 57.8 cm³/mol. The van der Waals surface area contributed by atoms with E-state index in [4.69, 9.17) is 0 Å². The first kappa shape index (κ1) is 8.31. The van der Waals surface area contributed by atoms with Crippen LogP contribution < -0.4 is 0 Å². The van der Waals surface area contributed by atoms with Crippen LogP contribution in [0.5, 0.6) is 0 Å².